The van der Waals surface area contributed by atoms with Crippen LogP contribution in [0.1, 0.15) is 37.7 Å². The van der Waals surface area contributed by atoms with Crippen molar-refractivity contribution in [3.05, 3.63) is 28.2 Å². The van der Waals surface area contributed by atoms with Crippen LogP contribution < -0.4 is 4.74 Å². The molecule has 1 aliphatic carbocycles. The van der Waals surface area contributed by atoms with Gasteiger partial charge in [-0.05, 0) is 53.7 Å². The van der Waals surface area contributed by atoms with Gasteiger partial charge in [0.1, 0.15) is 5.75 Å². The summed E-state index contributed by atoms with van der Waals surface area (Å²) in [6.07, 6.45) is 0.876. The fraction of sp³-hybridized carbons (Fsp3) is 0.538. The van der Waals surface area contributed by atoms with Crippen molar-refractivity contribution in [2.45, 2.75) is 44.4 Å². The Morgan fingerprint density at radius 2 is 1.78 bits per heavy atom. The highest BCUT2D eigenvalue weighted by Crippen LogP contribution is 2.40. The second-order valence-electron chi connectivity index (χ2n) is 4.49. The molecule has 0 bridgehead atoms. The summed E-state index contributed by atoms with van der Waals surface area (Å²) in [6.45, 7) is 0. The second-order valence-corrected chi connectivity index (χ2v) is 5.29. The molecule has 0 amide bonds. The van der Waals surface area contributed by atoms with Gasteiger partial charge in [-0.15, -0.1) is 0 Å². The molecule has 1 fully saturated rings. The Morgan fingerprint density at radius 3 is 2.39 bits per heavy atom. The predicted molar refractivity (Wildman–Crippen MR) is 66.6 cm³/mol. The first-order chi connectivity index (χ1) is 8.48. The number of halogens is 4. The summed E-state index contributed by atoms with van der Waals surface area (Å²) in [7, 11) is 0. The van der Waals surface area contributed by atoms with Crippen LogP contribution in [0.15, 0.2) is 22.7 Å². The molecule has 2 rings (SSSR count). The molecule has 0 spiro atoms. The molecule has 1 aromatic carbocycles. The Balaban J connectivity index is 2.18. The third kappa shape index (κ3) is 3.19. The Bertz CT molecular complexity index is 411. The lowest BCUT2D eigenvalue weighted by molar-refractivity contribution is -0.138. The molecule has 0 aliphatic heterocycles. The molecule has 0 saturated heterocycles. The molecule has 18 heavy (non-hydrogen) atoms. The van der Waals surface area contributed by atoms with Gasteiger partial charge in [0, 0.05) is 0 Å². The summed E-state index contributed by atoms with van der Waals surface area (Å²) in [6, 6.07) is 4.01. The van der Waals surface area contributed by atoms with Crippen LogP contribution in [0.5, 0.6) is 5.75 Å². The van der Waals surface area contributed by atoms with Gasteiger partial charge in [0.2, 0.25) is 0 Å². The summed E-state index contributed by atoms with van der Waals surface area (Å²) in [5, 5.41) is 0. The maximum absolute atomic E-state index is 12.7. The van der Waals surface area contributed by atoms with E-state index in [0.717, 1.165) is 31.7 Å². The molecule has 5 heteroatoms. The summed E-state index contributed by atoms with van der Waals surface area (Å²) in [5.74, 6) is 0.289. The monoisotopic (exact) mass is 322 g/mol. The largest absolute Gasteiger partial charge is 0.489 e. The van der Waals surface area contributed by atoms with Crippen molar-refractivity contribution >= 4 is 15.9 Å². The van der Waals surface area contributed by atoms with Crippen molar-refractivity contribution in [2.24, 2.45) is 0 Å². The Hall–Kier alpha value is -0.710. The highest BCUT2D eigenvalue weighted by molar-refractivity contribution is 9.10. The molecule has 1 saturated carbocycles. The third-order valence-electron chi connectivity index (χ3n) is 3.11. The Kier molecular flexibility index (Phi) is 4.20. The predicted octanol–water partition coefficient (Wildman–Crippen LogP) is 5.18. The van der Waals surface area contributed by atoms with E-state index in [0.29, 0.717) is 0 Å². The van der Waals surface area contributed by atoms with Gasteiger partial charge in [-0.3, -0.25) is 0 Å². The molecule has 1 aromatic rings. The zero-order valence-corrected chi connectivity index (χ0v) is 11.4. The SMILES string of the molecule is FC(F)(F)c1cccc(OC2CCCCC2)c1Br. The van der Waals surface area contributed by atoms with Crippen LogP contribution in [0.25, 0.3) is 0 Å². The average Bonchev–Trinajstić information content (AvgIpc) is 2.32. The number of hydrogen-bond acceptors (Lipinski definition) is 1. The number of ether oxygens (including phenoxy) is 1. The van der Waals surface area contributed by atoms with Crippen LogP contribution in [0.2, 0.25) is 0 Å². The van der Waals surface area contributed by atoms with Crippen molar-refractivity contribution in [1.29, 1.82) is 0 Å². The minimum absolute atomic E-state index is 0.00285. The number of benzene rings is 1. The molecular weight excluding hydrogens is 309 g/mol. The zero-order chi connectivity index (χ0) is 13.2. The van der Waals surface area contributed by atoms with Crippen LogP contribution in [0.4, 0.5) is 13.2 Å². The quantitative estimate of drug-likeness (QED) is 0.729. The van der Waals surface area contributed by atoms with Gasteiger partial charge in [-0.1, -0.05) is 12.5 Å². The smallest absolute Gasteiger partial charge is 0.417 e. The first kappa shape index (κ1) is 13.7. The van der Waals surface area contributed by atoms with E-state index < -0.39 is 11.7 Å². The lowest BCUT2D eigenvalue weighted by Gasteiger charge is -2.24. The van der Waals surface area contributed by atoms with E-state index >= 15 is 0 Å². The zero-order valence-electron chi connectivity index (χ0n) is 9.77. The minimum Gasteiger partial charge on any atom is -0.489 e. The normalized spacial score (nSPS) is 17.8. The molecule has 0 heterocycles. The van der Waals surface area contributed by atoms with Gasteiger partial charge in [0.25, 0.3) is 0 Å². The van der Waals surface area contributed by atoms with Crippen molar-refractivity contribution < 1.29 is 17.9 Å². The van der Waals surface area contributed by atoms with E-state index in [1.54, 1.807) is 6.07 Å². The molecule has 0 atom stereocenters. The molecule has 1 aliphatic rings. The minimum atomic E-state index is -4.36. The topological polar surface area (TPSA) is 9.23 Å². The number of hydrogen-bond donors (Lipinski definition) is 0. The third-order valence-corrected chi connectivity index (χ3v) is 3.93. The Labute approximate surface area is 112 Å². The van der Waals surface area contributed by atoms with Crippen molar-refractivity contribution in [3.63, 3.8) is 0 Å². The van der Waals surface area contributed by atoms with Gasteiger partial charge >= 0.3 is 6.18 Å². The molecule has 0 radical (unpaired) electrons. The van der Waals surface area contributed by atoms with E-state index in [2.05, 4.69) is 15.9 Å². The lowest BCUT2D eigenvalue weighted by atomic mass is 9.98. The van der Waals surface area contributed by atoms with Crippen LogP contribution in [0, 0.1) is 0 Å². The van der Waals surface area contributed by atoms with E-state index in [1.165, 1.54) is 12.5 Å². The van der Waals surface area contributed by atoms with Gasteiger partial charge in [-0.2, -0.15) is 13.2 Å². The highest BCUT2D eigenvalue weighted by Gasteiger charge is 2.34. The second kappa shape index (κ2) is 5.51. The molecular formula is C13H14BrF3O. The maximum atomic E-state index is 12.7. The van der Waals surface area contributed by atoms with Crippen LogP contribution in [0.3, 0.4) is 0 Å². The van der Waals surface area contributed by atoms with E-state index in [9.17, 15) is 13.2 Å². The first-order valence-corrected chi connectivity index (χ1v) is 6.80. The lowest BCUT2D eigenvalue weighted by Crippen LogP contribution is -2.20. The van der Waals surface area contributed by atoms with Crippen molar-refractivity contribution in [2.75, 3.05) is 0 Å². The maximum Gasteiger partial charge on any atom is 0.417 e. The van der Waals surface area contributed by atoms with Crippen LogP contribution in [-0.4, -0.2) is 6.10 Å². The van der Waals surface area contributed by atoms with Gasteiger partial charge in [0.15, 0.2) is 0 Å². The summed E-state index contributed by atoms with van der Waals surface area (Å²) >= 11 is 3.00. The summed E-state index contributed by atoms with van der Waals surface area (Å²) < 4.78 is 43.8. The fourth-order valence-corrected chi connectivity index (χ4v) is 2.77. The van der Waals surface area contributed by atoms with Crippen LogP contribution in [-0.2, 0) is 6.18 Å². The van der Waals surface area contributed by atoms with E-state index in [-0.39, 0.29) is 16.3 Å². The first-order valence-electron chi connectivity index (χ1n) is 6.01. The molecule has 1 nitrogen and oxygen atoms in total. The molecule has 0 unspecified atom stereocenters. The number of rotatable bonds is 2. The van der Waals surface area contributed by atoms with Gasteiger partial charge in [0.05, 0.1) is 16.1 Å². The highest BCUT2D eigenvalue weighted by atomic mass is 79.9. The molecule has 0 N–H and O–H groups in total. The summed E-state index contributed by atoms with van der Waals surface area (Å²) in [5.41, 5.74) is -0.684. The Morgan fingerprint density at radius 1 is 1.11 bits per heavy atom. The van der Waals surface area contributed by atoms with Crippen LogP contribution >= 0.6 is 15.9 Å². The molecule has 0 aromatic heterocycles. The van der Waals surface area contributed by atoms with Crippen molar-refractivity contribution in [1.82, 2.24) is 0 Å². The fourth-order valence-electron chi connectivity index (χ4n) is 2.18. The van der Waals surface area contributed by atoms with Gasteiger partial charge < -0.3 is 4.74 Å². The molecule has 100 valence electrons. The summed E-state index contributed by atoms with van der Waals surface area (Å²) in [4.78, 5) is 0. The van der Waals surface area contributed by atoms with Crippen molar-refractivity contribution in [3.8, 4) is 5.75 Å². The number of alkyl halides is 3. The van der Waals surface area contributed by atoms with E-state index in [4.69, 9.17) is 4.74 Å². The van der Waals surface area contributed by atoms with E-state index in [1.807, 2.05) is 0 Å². The van der Waals surface area contributed by atoms with Gasteiger partial charge in [-0.25, -0.2) is 0 Å². The standard InChI is InChI=1S/C13H14BrF3O/c14-12-10(13(15,16)17)7-4-8-11(12)18-9-5-2-1-3-6-9/h4,7-9H,1-3,5-6H2. The average molecular weight is 323 g/mol.